The highest BCUT2D eigenvalue weighted by Crippen LogP contribution is 2.15. The van der Waals surface area contributed by atoms with E-state index in [1.54, 1.807) is 0 Å². The van der Waals surface area contributed by atoms with Crippen LogP contribution in [-0.2, 0) is 4.74 Å². The summed E-state index contributed by atoms with van der Waals surface area (Å²) < 4.78 is 4.42. The zero-order valence-corrected chi connectivity index (χ0v) is 12.8. The Hall–Kier alpha value is -0.770. The second-order valence-electron chi connectivity index (χ2n) is 5.06. The molecule has 1 amide bonds. The molecule has 0 atom stereocenters. The first-order valence-electron chi connectivity index (χ1n) is 7.69. The summed E-state index contributed by atoms with van der Waals surface area (Å²) in [5, 5.41) is 0. The first kappa shape index (κ1) is 20.5. The number of unbranched alkanes of at least 4 members (excludes halogenated alkanes) is 1. The van der Waals surface area contributed by atoms with Crippen LogP contribution in [0.4, 0.5) is 4.79 Å². The van der Waals surface area contributed by atoms with Crippen molar-refractivity contribution >= 4 is 6.09 Å². The van der Waals surface area contributed by atoms with E-state index in [4.69, 9.17) is 0 Å². The first-order valence-corrected chi connectivity index (χ1v) is 7.69. The van der Waals surface area contributed by atoms with Crippen LogP contribution < -0.4 is 11.9 Å². The van der Waals surface area contributed by atoms with Gasteiger partial charge in [-0.15, -0.1) is 0 Å². The van der Waals surface area contributed by atoms with E-state index in [0.717, 1.165) is 12.8 Å². The van der Waals surface area contributed by atoms with E-state index in [2.05, 4.69) is 10.5 Å². The van der Waals surface area contributed by atoms with Crippen molar-refractivity contribution in [1.29, 1.82) is 0 Å². The standard InChI is InChI=1S/C10H20.C5H11NO2.H3N/c1-2-4-6-8-10-9-7-5-3-1;1-2-3-4-8-5(6)7;/h1-10H2;2-4H2,1H3,(H2,6,7);1H3. The SMILES string of the molecule is C1CCCCCCCCC1.CCCCOC(N)=O.N. The van der Waals surface area contributed by atoms with E-state index in [9.17, 15) is 4.79 Å². The molecule has 0 aliphatic heterocycles. The number of ether oxygens (including phenoxy) is 1. The molecule has 1 aliphatic rings. The van der Waals surface area contributed by atoms with E-state index >= 15 is 0 Å². The maximum atomic E-state index is 9.87. The van der Waals surface area contributed by atoms with Crippen LogP contribution in [0.5, 0.6) is 0 Å². The summed E-state index contributed by atoms with van der Waals surface area (Å²) in [7, 11) is 0. The highest BCUT2D eigenvalue weighted by Gasteiger charge is 1.95. The van der Waals surface area contributed by atoms with Gasteiger partial charge in [0.1, 0.15) is 0 Å². The van der Waals surface area contributed by atoms with E-state index in [1.165, 1.54) is 64.2 Å². The molecule has 0 aromatic carbocycles. The molecular weight excluding hydrogens is 240 g/mol. The van der Waals surface area contributed by atoms with Gasteiger partial charge in [-0.2, -0.15) is 0 Å². The second-order valence-corrected chi connectivity index (χ2v) is 5.06. The number of rotatable bonds is 3. The van der Waals surface area contributed by atoms with Crippen LogP contribution in [-0.4, -0.2) is 12.7 Å². The second kappa shape index (κ2) is 17.2. The molecule has 0 radical (unpaired) electrons. The van der Waals surface area contributed by atoms with Gasteiger partial charge in [-0.05, 0) is 6.42 Å². The molecule has 1 fully saturated rings. The third-order valence-electron chi connectivity index (χ3n) is 3.24. The Kier molecular flexibility index (Phi) is 18.6. The predicted molar refractivity (Wildman–Crippen MR) is 81.6 cm³/mol. The van der Waals surface area contributed by atoms with Crippen molar-refractivity contribution in [1.82, 2.24) is 6.15 Å². The Morgan fingerprint density at radius 1 is 0.895 bits per heavy atom. The summed E-state index contributed by atoms with van der Waals surface area (Å²) in [5.41, 5.74) is 4.67. The Balaban J connectivity index is 0. The number of carbonyl (C=O) groups is 1. The zero-order chi connectivity index (χ0) is 13.5. The van der Waals surface area contributed by atoms with Crippen molar-refractivity contribution in [2.24, 2.45) is 5.73 Å². The molecular formula is C15H34N2O2. The van der Waals surface area contributed by atoms with Gasteiger partial charge in [-0.3, -0.25) is 0 Å². The molecule has 1 rings (SSSR count). The largest absolute Gasteiger partial charge is 0.450 e. The minimum Gasteiger partial charge on any atom is -0.450 e. The Bertz CT molecular complexity index is 154. The van der Waals surface area contributed by atoms with Gasteiger partial charge in [0.15, 0.2) is 0 Å². The van der Waals surface area contributed by atoms with Gasteiger partial charge in [0.2, 0.25) is 0 Å². The van der Waals surface area contributed by atoms with Gasteiger partial charge < -0.3 is 16.6 Å². The number of primary amides is 1. The number of amides is 1. The quantitative estimate of drug-likeness (QED) is 0.714. The molecule has 0 spiro atoms. The maximum absolute atomic E-state index is 9.87. The summed E-state index contributed by atoms with van der Waals surface area (Å²) in [6, 6.07) is 0. The van der Waals surface area contributed by atoms with Crippen molar-refractivity contribution in [2.75, 3.05) is 6.61 Å². The van der Waals surface area contributed by atoms with Crippen molar-refractivity contribution in [3.8, 4) is 0 Å². The van der Waals surface area contributed by atoms with Crippen LogP contribution in [0.25, 0.3) is 0 Å². The Morgan fingerprint density at radius 2 is 1.21 bits per heavy atom. The van der Waals surface area contributed by atoms with E-state index in [-0.39, 0.29) is 6.15 Å². The monoisotopic (exact) mass is 274 g/mol. The lowest BCUT2D eigenvalue weighted by Crippen LogP contribution is -2.13. The van der Waals surface area contributed by atoms with Crippen molar-refractivity contribution < 1.29 is 9.53 Å². The Morgan fingerprint density at radius 3 is 1.42 bits per heavy atom. The molecule has 0 bridgehead atoms. The first-order chi connectivity index (χ1) is 8.77. The number of carbonyl (C=O) groups excluding carboxylic acids is 1. The van der Waals surface area contributed by atoms with Gasteiger partial charge in [0.05, 0.1) is 6.61 Å². The molecule has 19 heavy (non-hydrogen) atoms. The Labute approximate surface area is 119 Å². The lowest BCUT2D eigenvalue weighted by atomic mass is 10.0. The number of hydrogen-bond donors (Lipinski definition) is 2. The lowest BCUT2D eigenvalue weighted by Gasteiger charge is -2.05. The highest BCUT2D eigenvalue weighted by atomic mass is 16.5. The number of nitrogens with two attached hydrogens (primary N) is 1. The average Bonchev–Trinajstić information content (AvgIpc) is 2.37. The number of hydrogen-bond acceptors (Lipinski definition) is 3. The average molecular weight is 274 g/mol. The lowest BCUT2D eigenvalue weighted by molar-refractivity contribution is 0.155. The third kappa shape index (κ3) is 19.7. The van der Waals surface area contributed by atoms with Crippen LogP contribution in [0.1, 0.15) is 84.0 Å². The molecule has 0 saturated heterocycles. The molecule has 116 valence electrons. The summed E-state index contributed by atoms with van der Waals surface area (Å²) in [6.07, 6.45) is 16.2. The van der Waals surface area contributed by atoms with Gasteiger partial charge in [0.25, 0.3) is 0 Å². The fourth-order valence-electron chi connectivity index (χ4n) is 2.08. The molecule has 5 N–H and O–H groups in total. The van der Waals surface area contributed by atoms with Crippen LogP contribution in [0, 0.1) is 0 Å². The van der Waals surface area contributed by atoms with Gasteiger partial charge in [-0.1, -0.05) is 77.6 Å². The molecule has 4 heteroatoms. The zero-order valence-electron chi connectivity index (χ0n) is 12.8. The molecule has 4 nitrogen and oxygen atoms in total. The van der Waals surface area contributed by atoms with Crippen LogP contribution in [0.15, 0.2) is 0 Å². The normalized spacial score (nSPS) is 16.3. The highest BCUT2D eigenvalue weighted by molar-refractivity contribution is 5.64. The maximum Gasteiger partial charge on any atom is 0.404 e. The van der Waals surface area contributed by atoms with Crippen molar-refractivity contribution in [3.63, 3.8) is 0 Å². The summed E-state index contributed by atoms with van der Waals surface area (Å²) in [4.78, 5) is 9.87. The summed E-state index contributed by atoms with van der Waals surface area (Å²) in [5.74, 6) is 0. The minimum atomic E-state index is -0.682. The van der Waals surface area contributed by atoms with Crippen molar-refractivity contribution in [3.05, 3.63) is 0 Å². The predicted octanol–water partition coefficient (Wildman–Crippen LogP) is 4.94. The van der Waals surface area contributed by atoms with Gasteiger partial charge >= 0.3 is 6.09 Å². The van der Waals surface area contributed by atoms with E-state index in [1.807, 2.05) is 6.92 Å². The fourth-order valence-corrected chi connectivity index (χ4v) is 2.08. The molecule has 1 aliphatic carbocycles. The van der Waals surface area contributed by atoms with Crippen molar-refractivity contribution in [2.45, 2.75) is 84.0 Å². The van der Waals surface area contributed by atoms with E-state index in [0.29, 0.717) is 6.61 Å². The smallest absolute Gasteiger partial charge is 0.404 e. The molecule has 1 saturated carbocycles. The van der Waals surface area contributed by atoms with Gasteiger partial charge in [0, 0.05) is 0 Å². The van der Waals surface area contributed by atoms with Crippen LogP contribution in [0.3, 0.4) is 0 Å². The molecule has 0 aromatic rings. The third-order valence-corrected chi connectivity index (χ3v) is 3.24. The topological polar surface area (TPSA) is 87.3 Å². The minimum absolute atomic E-state index is 0. The van der Waals surface area contributed by atoms with Crippen LogP contribution in [0.2, 0.25) is 0 Å². The summed E-state index contributed by atoms with van der Waals surface area (Å²) in [6.45, 7) is 2.47. The molecule has 0 heterocycles. The molecule has 0 aromatic heterocycles. The summed E-state index contributed by atoms with van der Waals surface area (Å²) >= 11 is 0. The van der Waals surface area contributed by atoms with E-state index < -0.39 is 6.09 Å². The van der Waals surface area contributed by atoms with Crippen LogP contribution >= 0.6 is 0 Å². The van der Waals surface area contributed by atoms with Gasteiger partial charge in [-0.25, -0.2) is 4.79 Å². The fraction of sp³-hybridized carbons (Fsp3) is 0.933. The molecule has 0 unspecified atom stereocenters.